The van der Waals surface area contributed by atoms with Gasteiger partial charge in [-0.05, 0) is 38.6 Å². The summed E-state index contributed by atoms with van der Waals surface area (Å²) in [5, 5.41) is 0. The van der Waals surface area contributed by atoms with Gasteiger partial charge in [-0.2, -0.15) is 0 Å². The lowest BCUT2D eigenvalue weighted by Gasteiger charge is -2.31. The van der Waals surface area contributed by atoms with Gasteiger partial charge in [0.1, 0.15) is 7.28 Å². The average Bonchev–Trinajstić information content (AvgIpc) is 2.43. The summed E-state index contributed by atoms with van der Waals surface area (Å²) in [5.74, 6) is 1.41. The minimum atomic E-state index is 0.490. The molecule has 0 radical (unpaired) electrons. The van der Waals surface area contributed by atoms with E-state index in [-0.39, 0.29) is 0 Å². The first-order valence-electron chi connectivity index (χ1n) is 7.92. The second-order valence-electron chi connectivity index (χ2n) is 6.05. The lowest BCUT2D eigenvalue weighted by Crippen LogP contribution is -2.35. The molecule has 3 unspecified atom stereocenters. The maximum Gasteiger partial charge on any atom is 0.148 e. The fourth-order valence-electron chi connectivity index (χ4n) is 2.56. The normalized spacial score (nSPS) is 15.9. The average molecular weight is 263 g/mol. The molecule has 0 spiro atoms. The molecule has 0 rings (SSSR count). The summed E-state index contributed by atoms with van der Waals surface area (Å²) in [5.41, 5.74) is 2.73. The Labute approximate surface area is 122 Å². The van der Waals surface area contributed by atoms with Gasteiger partial charge in [-0.1, -0.05) is 46.2 Å². The standard InChI is InChI=1S/C17H34BN/c1-9-13(3)16(6)19(8)12-17(10-2)11-14(4)15(5)18-7/h14,16-18H,3,5,9-12H2,1-2,4,6-8H3. The first-order valence-corrected chi connectivity index (χ1v) is 7.92. The Morgan fingerprint density at radius 2 is 1.79 bits per heavy atom. The molecule has 19 heavy (non-hydrogen) atoms. The van der Waals surface area contributed by atoms with Crippen molar-refractivity contribution in [2.75, 3.05) is 13.6 Å². The number of nitrogens with zero attached hydrogens (tertiary/aromatic N) is 1. The smallest absolute Gasteiger partial charge is 0.148 e. The molecule has 2 heteroatoms. The quantitative estimate of drug-likeness (QED) is 0.419. The molecule has 0 aromatic rings. The van der Waals surface area contributed by atoms with E-state index in [4.69, 9.17) is 0 Å². The van der Waals surface area contributed by atoms with Crippen LogP contribution in [0.3, 0.4) is 0 Å². The van der Waals surface area contributed by atoms with Crippen LogP contribution in [0.2, 0.25) is 6.82 Å². The first kappa shape index (κ1) is 18.5. The van der Waals surface area contributed by atoms with Crippen molar-refractivity contribution in [3.05, 3.63) is 24.2 Å². The van der Waals surface area contributed by atoms with Crippen LogP contribution >= 0.6 is 0 Å². The zero-order valence-corrected chi connectivity index (χ0v) is 14.1. The highest BCUT2D eigenvalue weighted by Gasteiger charge is 2.18. The van der Waals surface area contributed by atoms with Crippen LogP contribution in [0.4, 0.5) is 0 Å². The third-order valence-corrected chi connectivity index (χ3v) is 4.67. The second-order valence-corrected chi connectivity index (χ2v) is 6.05. The monoisotopic (exact) mass is 263 g/mol. The van der Waals surface area contributed by atoms with Crippen molar-refractivity contribution in [2.45, 2.75) is 59.8 Å². The number of likely N-dealkylation sites (N-methyl/N-ethyl adjacent to an activating group) is 1. The van der Waals surface area contributed by atoms with Crippen LogP contribution in [0.15, 0.2) is 24.2 Å². The van der Waals surface area contributed by atoms with E-state index in [9.17, 15) is 0 Å². The molecule has 0 aliphatic rings. The summed E-state index contributed by atoms with van der Waals surface area (Å²) in [4.78, 5) is 2.46. The maximum absolute atomic E-state index is 4.19. The zero-order valence-electron chi connectivity index (χ0n) is 14.1. The van der Waals surface area contributed by atoms with E-state index in [0.29, 0.717) is 12.0 Å². The van der Waals surface area contributed by atoms with Crippen molar-refractivity contribution in [1.82, 2.24) is 4.90 Å². The SMILES string of the molecule is C=C(BC)C(C)CC(CC)CN(C)C(C)C(=C)CC. The van der Waals surface area contributed by atoms with E-state index in [1.165, 1.54) is 23.9 Å². The third-order valence-electron chi connectivity index (χ3n) is 4.67. The van der Waals surface area contributed by atoms with E-state index in [0.717, 1.165) is 26.2 Å². The van der Waals surface area contributed by atoms with Crippen LogP contribution in [0, 0.1) is 11.8 Å². The Morgan fingerprint density at radius 1 is 1.21 bits per heavy atom. The predicted molar refractivity (Wildman–Crippen MR) is 91.2 cm³/mol. The molecule has 0 heterocycles. The molecule has 0 saturated heterocycles. The summed E-state index contributed by atoms with van der Waals surface area (Å²) < 4.78 is 0. The number of hydrogen-bond donors (Lipinski definition) is 0. The van der Waals surface area contributed by atoms with Gasteiger partial charge >= 0.3 is 0 Å². The van der Waals surface area contributed by atoms with Gasteiger partial charge in [0.15, 0.2) is 0 Å². The van der Waals surface area contributed by atoms with Crippen molar-refractivity contribution in [2.24, 2.45) is 11.8 Å². The largest absolute Gasteiger partial charge is 0.300 e. The van der Waals surface area contributed by atoms with Crippen molar-refractivity contribution in [1.29, 1.82) is 0 Å². The number of hydrogen-bond acceptors (Lipinski definition) is 1. The predicted octanol–water partition coefficient (Wildman–Crippen LogP) is 4.32. The summed E-state index contributed by atoms with van der Waals surface area (Å²) >= 11 is 0. The van der Waals surface area contributed by atoms with Gasteiger partial charge in [-0.15, -0.1) is 12.1 Å². The van der Waals surface area contributed by atoms with Crippen molar-refractivity contribution < 1.29 is 0 Å². The van der Waals surface area contributed by atoms with Gasteiger partial charge < -0.3 is 0 Å². The first-order chi connectivity index (χ1) is 8.87. The van der Waals surface area contributed by atoms with Gasteiger partial charge in [0.2, 0.25) is 0 Å². The second kappa shape index (κ2) is 9.42. The van der Waals surface area contributed by atoms with Gasteiger partial charge in [-0.25, -0.2) is 0 Å². The molecule has 3 atom stereocenters. The van der Waals surface area contributed by atoms with Crippen molar-refractivity contribution in [3.63, 3.8) is 0 Å². The molecular weight excluding hydrogens is 229 g/mol. The minimum Gasteiger partial charge on any atom is -0.300 e. The maximum atomic E-state index is 4.19. The molecule has 0 bridgehead atoms. The van der Waals surface area contributed by atoms with Gasteiger partial charge in [-0.3, -0.25) is 4.90 Å². The number of rotatable bonds is 10. The summed E-state index contributed by atoms with van der Waals surface area (Å²) in [6.07, 6.45) is 3.58. The third kappa shape index (κ3) is 6.47. The fourth-order valence-corrected chi connectivity index (χ4v) is 2.56. The number of allylic oxidation sites excluding steroid dienone is 1. The van der Waals surface area contributed by atoms with Crippen LogP contribution in [0.1, 0.15) is 47.0 Å². The van der Waals surface area contributed by atoms with Crippen LogP contribution in [-0.2, 0) is 0 Å². The Hall–Kier alpha value is -0.495. The molecular formula is C17H34BN. The van der Waals surface area contributed by atoms with Gasteiger partial charge in [0.05, 0.1) is 0 Å². The molecule has 0 fully saturated rings. The van der Waals surface area contributed by atoms with E-state index < -0.39 is 0 Å². The van der Waals surface area contributed by atoms with Crippen LogP contribution < -0.4 is 0 Å². The van der Waals surface area contributed by atoms with Crippen LogP contribution in [0.5, 0.6) is 0 Å². The highest BCUT2D eigenvalue weighted by Crippen LogP contribution is 2.22. The topological polar surface area (TPSA) is 3.24 Å². The van der Waals surface area contributed by atoms with E-state index in [2.05, 4.69) is 59.6 Å². The molecule has 1 nitrogen and oxygen atoms in total. The Balaban J connectivity index is 4.39. The van der Waals surface area contributed by atoms with E-state index >= 15 is 0 Å². The fraction of sp³-hybridized carbons (Fsp3) is 0.765. The zero-order chi connectivity index (χ0) is 15.0. The lowest BCUT2D eigenvalue weighted by atomic mass is 9.66. The molecule has 110 valence electrons. The minimum absolute atomic E-state index is 0.490. The van der Waals surface area contributed by atoms with E-state index in [1.807, 2.05) is 0 Å². The van der Waals surface area contributed by atoms with Crippen LogP contribution in [-0.4, -0.2) is 31.8 Å². The molecule has 0 amide bonds. The lowest BCUT2D eigenvalue weighted by molar-refractivity contribution is 0.220. The Bertz CT molecular complexity index is 285. The molecule has 0 aromatic carbocycles. The van der Waals surface area contributed by atoms with Crippen LogP contribution in [0.25, 0.3) is 0 Å². The summed E-state index contributed by atoms with van der Waals surface area (Å²) in [6.45, 7) is 20.8. The molecule has 0 aliphatic carbocycles. The van der Waals surface area contributed by atoms with Gasteiger partial charge in [0, 0.05) is 12.6 Å². The molecule has 0 aliphatic heterocycles. The summed E-state index contributed by atoms with van der Waals surface area (Å²) in [7, 11) is 3.34. The molecule has 0 saturated carbocycles. The van der Waals surface area contributed by atoms with Crippen molar-refractivity contribution in [3.8, 4) is 0 Å². The van der Waals surface area contributed by atoms with E-state index in [1.54, 1.807) is 0 Å². The Kier molecular flexibility index (Phi) is 9.17. The van der Waals surface area contributed by atoms with Crippen molar-refractivity contribution >= 4 is 7.28 Å². The molecule has 0 aromatic heterocycles. The highest BCUT2D eigenvalue weighted by molar-refractivity contribution is 6.43. The molecule has 0 N–H and O–H groups in total. The highest BCUT2D eigenvalue weighted by atomic mass is 15.1. The Morgan fingerprint density at radius 3 is 2.21 bits per heavy atom. The summed E-state index contributed by atoms with van der Waals surface area (Å²) in [6, 6.07) is 0.490. The van der Waals surface area contributed by atoms with Gasteiger partial charge in [0.25, 0.3) is 0 Å².